The second-order valence-electron chi connectivity index (χ2n) is 6.16. The summed E-state index contributed by atoms with van der Waals surface area (Å²) in [5.41, 5.74) is 6.45. The Labute approximate surface area is 146 Å². The Kier molecular flexibility index (Phi) is 3.90. The van der Waals surface area contributed by atoms with Crippen LogP contribution < -0.4 is 5.32 Å². The minimum Gasteiger partial charge on any atom is -0.289 e. The number of hydrogen-bond acceptors (Lipinski definition) is 2. The number of nitrogens with one attached hydrogen (secondary N) is 1. The Morgan fingerprint density at radius 2 is 1.56 bits per heavy atom. The van der Waals surface area contributed by atoms with Crippen LogP contribution in [0.2, 0.25) is 0 Å². The molecule has 2 amide bonds. The van der Waals surface area contributed by atoms with Crippen molar-refractivity contribution >= 4 is 23.5 Å². The van der Waals surface area contributed by atoms with Gasteiger partial charge in [-0.05, 0) is 40.7 Å². The maximum absolute atomic E-state index is 11.5. The van der Waals surface area contributed by atoms with E-state index in [0.717, 1.165) is 24.0 Å². The van der Waals surface area contributed by atoms with Gasteiger partial charge in [-0.3, -0.25) is 14.9 Å². The number of benzene rings is 2. The summed E-state index contributed by atoms with van der Waals surface area (Å²) in [5, 5.41) is 2.26. The SMILES string of the molecule is C1=Cc2ccccc2C1.O=C1C=C(C2=CCc3ccccc32)C(=O)N1. The van der Waals surface area contributed by atoms with Crippen LogP contribution in [0.3, 0.4) is 0 Å². The molecule has 3 aliphatic rings. The molecule has 1 heterocycles. The number of allylic oxidation sites excluding steroid dienone is 2. The van der Waals surface area contributed by atoms with Crippen molar-refractivity contribution in [2.24, 2.45) is 0 Å². The van der Waals surface area contributed by atoms with E-state index in [9.17, 15) is 9.59 Å². The summed E-state index contributed by atoms with van der Waals surface area (Å²) in [7, 11) is 0. The Hall–Kier alpha value is -3.20. The molecule has 0 aromatic heterocycles. The van der Waals surface area contributed by atoms with Crippen molar-refractivity contribution in [2.75, 3.05) is 0 Å². The first-order valence-electron chi connectivity index (χ1n) is 8.32. The van der Waals surface area contributed by atoms with Crippen molar-refractivity contribution in [1.82, 2.24) is 5.32 Å². The van der Waals surface area contributed by atoms with Crippen molar-refractivity contribution in [1.29, 1.82) is 0 Å². The van der Waals surface area contributed by atoms with Gasteiger partial charge in [0.05, 0.1) is 5.57 Å². The lowest BCUT2D eigenvalue weighted by Crippen LogP contribution is -2.22. The molecule has 0 fully saturated rings. The number of amides is 2. The van der Waals surface area contributed by atoms with E-state index in [1.54, 1.807) is 0 Å². The van der Waals surface area contributed by atoms with Gasteiger partial charge in [0.25, 0.3) is 11.8 Å². The van der Waals surface area contributed by atoms with E-state index in [-0.39, 0.29) is 11.8 Å². The third-order valence-corrected chi connectivity index (χ3v) is 4.57. The highest BCUT2D eigenvalue weighted by Crippen LogP contribution is 2.33. The minimum absolute atomic E-state index is 0.298. The number of fused-ring (bicyclic) bond motifs is 2. The van der Waals surface area contributed by atoms with Crippen LogP contribution in [0.4, 0.5) is 0 Å². The quantitative estimate of drug-likeness (QED) is 0.815. The third kappa shape index (κ3) is 2.96. The molecular formula is C22H17NO2. The molecule has 2 aromatic rings. The molecule has 2 aromatic carbocycles. The van der Waals surface area contributed by atoms with Gasteiger partial charge < -0.3 is 0 Å². The first-order chi connectivity index (χ1) is 12.2. The summed E-state index contributed by atoms with van der Waals surface area (Å²) in [5.74, 6) is -0.627. The number of carbonyl (C=O) groups excluding carboxylic acids is 2. The van der Waals surface area contributed by atoms with E-state index in [0.29, 0.717) is 5.57 Å². The molecule has 25 heavy (non-hydrogen) atoms. The fourth-order valence-corrected chi connectivity index (χ4v) is 3.35. The molecule has 3 heteroatoms. The van der Waals surface area contributed by atoms with Gasteiger partial charge in [-0.15, -0.1) is 0 Å². The Balaban J connectivity index is 0.000000147. The predicted octanol–water partition coefficient (Wildman–Crippen LogP) is 3.46. The summed E-state index contributed by atoms with van der Waals surface area (Å²) < 4.78 is 0. The molecule has 0 bridgehead atoms. The van der Waals surface area contributed by atoms with Crippen LogP contribution in [0.5, 0.6) is 0 Å². The average molecular weight is 327 g/mol. The fourth-order valence-electron chi connectivity index (χ4n) is 3.35. The fraction of sp³-hybridized carbons (Fsp3) is 0.0909. The molecule has 0 spiro atoms. The summed E-state index contributed by atoms with van der Waals surface area (Å²) >= 11 is 0. The zero-order chi connectivity index (χ0) is 17.2. The zero-order valence-corrected chi connectivity index (χ0v) is 13.7. The molecule has 2 aliphatic carbocycles. The lowest BCUT2D eigenvalue weighted by molar-refractivity contribution is -0.123. The van der Waals surface area contributed by atoms with Gasteiger partial charge in [-0.25, -0.2) is 0 Å². The van der Waals surface area contributed by atoms with Crippen molar-refractivity contribution in [3.05, 3.63) is 94.6 Å². The lowest BCUT2D eigenvalue weighted by atomic mass is 9.99. The van der Waals surface area contributed by atoms with Gasteiger partial charge in [0, 0.05) is 6.08 Å². The molecule has 5 rings (SSSR count). The lowest BCUT2D eigenvalue weighted by Gasteiger charge is -2.04. The van der Waals surface area contributed by atoms with Gasteiger partial charge in [0.1, 0.15) is 0 Å². The van der Waals surface area contributed by atoms with E-state index < -0.39 is 0 Å². The molecule has 1 N–H and O–H groups in total. The molecule has 0 atom stereocenters. The third-order valence-electron chi connectivity index (χ3n) is 4.57. The van der Waals surface area contributed by atoms with Crippen LogP contribution in [0.15, 0.2) is 72.3 Å². The van der Waals surface area contributed by atoms with Crippen LogP contribution >= 0.6 is 0 Å². The molecule has 0 saturated carbocycles. The standard InChI is InChI=1S/C13H9NO2.C9H8/c15-12-7-11(13(16)14-12)10-6-5-8-3-1-2-4-9(8)10;1-2-5-9-7-3-6-8(9)4-1/h1-4,6-7H,5H2,(H,14,15,16);1-6H,7H2. The second-order valence-corrected chi connectivity index (χ2v) is 6.16. The van der Waals surface area contributed by atoms with Crippen LogP contribution in [-0.4, -0.2) is 11.8 Å². The van der Waals surface area contributed by atoms with E-state index in [2.05, 4.69) is 41.7 Å². The zero-order valence-electron chi connectivity index (χ0n) is 13.7. The van der Waals surface area contributed by atoms with Crippen LogP contribution in [0, 0.1) is 0 Å². The second kappa shape index (κ2) is 6.36. The smallest absolute Gasteiger partial charge is 0.258 e. The van der Waals surface area contributed by atoms with Crippen molar-refractivity contribution in [3.8, 4) is 0 Å². The Morgan fingerprint density at radius 3 is 2.32 bits per heavy atom. The maximum Gasteiger partial charge on any atom is 0.258 e. The number of rotatable bonds is 1. The predicted molar refractivity (Wildman–Crippen MR) is 98.5 cm³/mol. The molecule has 1 aliphatic heterocycles. The van der Waals surface area contributed by atoms with E-state index in [1.807, 2.05) is 30.3 Å². The van der Waals surface area contributed by atoms with Gasteiger partial charge in [-0.1, -0.05) is 66.8 Å². The summed E-state index contributed by atoms with van der Waals surface area (Å²) in [6, 6.07) is 16.4. The number of imide groups is 1. The van der Waals surface area contributed by atoms with Gasteiger partial charge in [0.2, 0.25) is 0 Å². The molecule has 0 radical (unpaired) electrons. The highest BCUT2D eigenvalue weighted by Gasteiger charge is 2.27. The average Bonchev–Trinajstić information content (AvgIpc) is 3.33. The number of carbonyl (C=O) groups is 2. The van der Waals surface area contributed by atoms with E-state index >= 15 is 0 Å². The van der Waals surface area contributed by atoms with Crippen LogP contribution in [-0.2, 0) is 22.4 Å². The molecule has 0 unspecified atom stereocenters. The largest absolute Gasteiger partial charge is 0.289 e. The van der Waals surface area contributed by atoms with E-state index in [4.69, 9.17) is 0 Å². The van der Waals surface area contributed by atoms with Crippen LogP contribution in [0.25, 0.3) is 11.6 Å². The minimum atomic E-state index is -0.328. The summed E-state index contributed by atoms with van der Waals surface area (Å²) in [4.78, 5) is 22.6. The van der Waals surface area contributed by atoms with Crippen molar-refractivity contribution in [3.63, 3.8) is 0 Å². The Morgan fingerprint density at radius 1 is 0.800 bits per heavy atom. The summed E-state index contributed by atoms with van der Waals surface area (Å²) in [6.45, 7) is 0. The van der Waals surface area contributed by atoms with Gasteiger partial charge in [-0.2, -0.15) is 0 Å². The first kappa shape index (κ1) is 15.3. The summed E-state index contributed by atoms with van der Waals surface area (Å²) in [6.07, 6.45) is 9.69. The monoisotopic (exact) mass is 327 g/mol. The van der Waals surface area contributed by atoms with E-state index in [1.165, 1.54) is 22.8 Å². The molecular weight excluding hydrogens is 310 g/mol. The topological polar surface area (TPSA) is 46.2 Å². The maximum atomic E-state index is 11.5. The van der Waals surface area contributed by atoms with Crippen molar-refractivity contribution < 1.29 is 9.59 Å². The first-order valence-corrected chi connectivity index (χ1v) is 8.32. The molecule has 3 nitrogen and oxygen atoms in total. The normalized spacial score (nSPS) is 16.5. The van der Waals surface area contributed by atoms with Gasteiger partial charge in [0.15, 0.2) is 0 Å². The molecule has 122 valence electrons. The molecule has 0 saturated heterocycles. The highest BCUT2D eigenvalue weighted by atomic mass is 16.2. The Bertz CT molecular complexity index is 963. The van der Waals surface area contributed by atoms with Gasteiger partial charge >= 0.3 is 0 Å². The van der Waals surface area contributed by atoms with Crippen LogP contribution in [0.1, 0.15) is 22.3 Å². The van der Waals surface area contributed by atoms with Crippen molar-refractivity contribution in [2.45, 2.75) is 12.8 Å². The highest BCUT2D eigenvalue weighted by molar-refractivity contribution is 6.24. The number of hydrogen-bond donors (Lipinski definition) is 1.